The van der Waals surface area contributed by atoms with Gasteiger partial charge < -0.3 is 15.7 Å². The van der Waals surface area contributed by atoms with E-state index in [1.165, 1.54) is 0 Å². The minimum atomic E-state index is -0.170. The number of hydrogen-bond donors (Lipinski definition) is 3. The second-order valence-corrected chi connectivity index (χ2v) is 6.00. The summed E-state index contributed by atoms with van der Waals surface area (Å²) in [6.07, 6.45) is 5.35. The number of hydrogen-bond acceptors (Lipinski definition) is 2. The molecular weight excluding hydrogens is 228 g/mol. The van der Waals surface area contributed by atoms with Crippen LogP contribution in [0.15, 0.2) is 0 Å². The Balaban J connectivity index is 2.16. The molecule has 0 aliphatic heterocycles. The van der Waals surface area contributed by atoms with E-state index in [1.54, 1.807) is 0 Å². The molecule has 0 heterocycles. The number of urea groups is 1. The zero-order valence-corrected chi connectivity index (χ0v) is 11.9. The first-order valence-corrected chi connectivity index (χ1v) is 7.22. The summed E-state index contributed by atoms with van der Waals surface area (Å²) in [5.41, 5.74) is 0. The van der Waals surface area contributed by atoms with Crippen molar-refractivity contribution < 1.29 is 9.90 Å². The van der Waals surface area contributed by atoms with Gasteiger partial charge in [-0.3, -0.25) is 0 Å². The van der Waals surface area contributed by atoms with Crippen LogP contribution in [0.4, 0.5) is 4.79 Å². The van der Waals surface area contributed by atoms with E-state index in [4.69, 9.17) is 0 Å². The highest BCUT2D eigenvalue weighted by Gasteiger charge is 2.21. The molecule has 106 valence electrons. The molecule has 0 saturated heterocycles. The van der Waals surface area contributed by atoms with Crippen molar-refractivity contribution >= 4 is 6.03 Å². The normalized spacial score (nSPS) is 25.8. The van der Waals surface area contributed by atoms with Gasteiger partial charge in [-0.15, -0.1) is 0 Å². The molecule has 0 bridgehead atoms. The molecule has 3 N–H and O–H groups in total. The molecule has 4 heteroatoms. The molecule has 1 rings (SSSR count). The van der Waals surface area contributed by atoms with Gasteiger partial charge in [0.05, 0.1) is 6.10 Å². The third-order valence-corrected chi connectivity index (χ3v) is 3.59. The van der Waals surface area contributed by atoms with Crippen molar-refractivity contribution in [2.45, 2.75) is 77.5 Å². The van der Waals surface area contributed by atoms with Crippen LogP contribution in [-0.4, -0.2) is 29.3 Å². The molecule has 18 heavy (non-hydrogen) atoms. The smallest absolute Gasteiger partial charge is 0.315 e. The zero-order chi connectivity index (χ0) is 13.5. The van der Waals surface area contributed by atoms with Crippen LogP contribution < -0.4 is 10.6 Å². The molecule has 0 aromatic heterocycles. The lowest BCUT2D eigenvalue weighted by Gasteiger charge is -2.27. The van der Waals surface area contributed by atoms with Gasteiger partial charge in [0.1, 0.15) is 0 Å². The maximum Gasteiger partial charge on any atom is 0.315 e. The third kappa shape index (κ3) is 6.24. The van der Waals surface area contributed by atoms with Gasteiger partial charge in [-0.1, -0.05) is 13.8 Å². The maximum atomic E-state index is 11.8. The Morgan fingerprint density at radius 2 is 1.78 bits per heavy atom. The number of carbonyl (C=O) groups excluding carboxylic acids is 1. The van der Waals surface area contributed by atoms with Crippen LogP contribution >= 0.6 is 0 Å². The summed E-state index contributed by atoms with van der Waals surface area (Å²) in [5, 5.41) is 15.4. The van der Waals surface area contributed by atoms with Crippen molar-refractivity contribution in [2.24, 2.45) is 5.92 Å². The summed E-state index contributed by atoms with van der Waals surface area (Å²) in [4.78, 5) is 11.8. The molecule has 1 atom stereocenters. The van der Waals surface area contributed by atoms with Gasteiger partial charge in [0.15, 0.2) is 0 Å². The average molecular weight is 256 g/mol. The van der Waals surface area contributed by atoms with E-state index < -0.39 is 0 Å². The van der Waals surface area contributed by atoms with E-state index in [1.807, 2.05) is 6.92 Å². The fourth-order valence-electron chi connectivity index (χ4n) is 2.33. The lowest BCUT2D eigenvalue weighted by molar-refractivity contribution is 0.117. The van der Waals surface area contributed by atoms with Crippen LogP contribution in [0, 0.1) is 5.92 Å². The van der Waals surface area contributed by atoms with Gasteiger partial charge >= 0.3 is 6.03 Å². The van der Waals surface area contributed by atoms with Crippen molar-refractivity contribution in [3.05, 3.63) is 0 Å². The van der Waals surface area contributed by atoms with Crippen LogP contribution in [0.1, 0.15) is 59.3 Å². The summed E-state index contributed by atoms with van der Waals surface area (Å²) >= 11 is 0. The maximum absolute atomic E-state index is 11.8. The van der Waals surface area contributed by atoms with E-state index in [0.717, 1.165) is 38.5 Å². The number of rotatable bonds is 5. The molecule has 1 saturated carbocycles. The molecule has 0 aromatic carbocycles. The van der Waals surface area contributed by atoms with Gasteiger partial charge in [0.2, 0.25) is 0 Å². The topological polar surface area (TPSA) is 61.4 Å². The van der Waals surface area contributed by atoms with Crippen molar-refractivity contribution in [1.82, 2.24) is 10.6 Å². The largest absolute Gasteiger partial charge is 0.393 e. The first-order chi connectivity index (χ1) is 8.47. The van der Waals surface area contributed by atoms with Gasteiger partial charge in [-0.05, 0) is 51.4 Å². The number of nitrogens with one attached hydrogen (secondary N) is 2. The van der Waals surface area contributed by atoms with Crippen LogP contribution in [0.5, 0.6) is 0 Å². The Morgan fingerprint density at radius 3 is 2.33 bits per heavy atom. The number of aliphatic hydroxyl groups excluding tert-OH is 1. The standard InChI is InChI=1S/C14H28N2O2/c1-10(2)4-5-11(3)15-14(18)16-12-6-8-13(17)9-7-12/h10-13,17H,4-9H2,1-3H3,(H2,15,16,18). The molecule has 1 unspecified atom stereocenters. The molecule has 2 amide bonds. The third-order valence-electron chi connectivity index (χ3n) is 3.59. The second kappa shape index (κ2) is 7.62. The van der Waals surface area contributed by atoms with Crippen molar-refractivity contribution in [3.63, 3.8) is 0 Å². The summed E-state index contributed by atoms with van der Waals surface area (Å²) in [5.74, 6) is 0.678. The molecule has 0 aromatic rings. The van der Waals surface area contributed by atoms with E-state index in [9.17, 15) is 9.90 Å². The van der Waals surface area contributed by atoms with Gasteiger partial charge in [-0.25, -0.2) is 4.79 Å². The number of amides is 2. The quantitative estimate of drug-likeness (QED) is 0.707. The van der Waals surface area contributed by atoms with E-state index in [2.05, 4.69) is 24.5 Å². The van der Waals surface area contributed by atoms with Crippen molar-refractivity contribution in [2.75, 3.05) is 0 Å². The van der Waals surface area contributed by atoms with Gasteiger partial charge in [0.25, 0.3) is 0 Å². The van der Waals surface area contributed by atoms with Crippen LogP contribution in [-0.2, 0) is 0 Å². The SMILES string of the molecule is CC(C)CCC(C)NC(=O)NC1CCC(O)CC1. The second-order valence-electron chi connectivity index (χ2n) is 6.00. The zero-order valence-electron chi connectivity index (χ0n) is 11.9. The first kappa shape index (κ1) is 15.3. The summed E-state index contributed by atoms with van der Waals surface area (Å²) in [6.45, 7) is 6.44. The lowest BCUT2D eigenvalue weighted by atomic mass is 9.93. The molecule has 1 aliphatic carbocycles. The van der Waals surface area contributed by atoms with Gasteiger partial charge in [-0.2, -0.15) is 0 Å². The number of aliphatic hydroxyl groups is 1. The summed E-state index contributed by atoms with van der Waals surface area (Å²) in [6, 6.07) is 0.389. The highest BCUT2D eigenvalue weighted by Crippen LogP contribution is 2.18. The van der Waals surface area contributed by atoms with E-state index >= 15 is 0 Å². The van der Waals surface area contributed by atoms with Crippen molar-refractivity contribution in [1.29, 1.82) is 0 Å². The highest BCUT2D eigenvalue weighted by atomic mass is 16.3. The molecule has 1 aliphatic rings. The predicted octanol–water partition coefficient (Wildman–Crippen LogP) is 2.41. The van der Waals surface area contributed by atoms with Crippen LogP contribution in [0.2, 0.25) is 0 Å². The molecular formula is C14H28N2O2. The Bertz CT molecular complexity index is 248. The minimum Gasteiger partial charge on any atom is -0.393 e. The molecule has 0 radical (unpaired) electrons. The Hall–Kier alpha value is -0.770. The molecule has 0 spiro atoms. The van der Waals surface area contributed by atoms with E-state index in [-0.39, 0.29) is 24.2 Å². The van der Waals surface area contributed by atoms with Crippen LogP contribution in [0.25, 0.3) is 0 Å². The lowest BCUT2D eigenvalue weighted by Crippen LogP contribution is -2.46. The fraction of sp³-hybridized carbons (Fsp3) is 0.929. The monoisotopic (exact) mass is 256 g/mol. The fourth-order valence-corrected chi connectivity index (χ4v) is 2.33. The average Bonchev–Trinajstić information content (AvgIpc) is 2.29. The minimum absolute atomic E-state index is 0.0624. The first-order valence-electron chi connectivity index (χ1n) is 7.22. The number of carbonyl (C=O) groups is 1. The van der Waals surface area contributed by atoms with Crippen molar-refractivity contribution in [3.8, 4) is 0 Å². The Labute approximate surface area is 111 Å². The highest BCUT2D eigenvalue weighted by molar-refractivity contribution is 5.74. The Morgan fingerprint density at radius 1 is 1.17 bits per heavy atom. The summed E-state index contributed by atoms with van der Waals surface area (Å²) < 4.78 is 0. The molecule has 1 fully saturated rings. The molecule has 4 nitrogen and oxygen atoms in total. The Kier molecular flexibility index (Phi) is 6.47. The van der Waals surface area contributed by atoms with Crippen LogP contribution in [0.3, 0.4) is 0 Å². The predicted molar refractivity (Wildman–Crippen MR) is 73.5 cm³/mol. The van der Waals surface area contributed by atoms with Gasteiger partial charge in [0, 0.05) is 12.1 Å². The van der Waals surface area contributed by atoms with E-state index in [0.29, 0.717) is 5.92 Å². The summed E-state index contributed by atoms with van der Waals surface area (Å²) in [7, 11) is 0.